The van der Waals surface area contributed by atoms with Gasteiger partial charge in [0, 0.05) is 14.1 Å². The molecular weight excluding hydrogens is 816 g/mol. The number of thioether (sulfide) groups is 1. The average molecular weight is 873 g/mol. The van der Waals surface area contributed by atoms with Gasteiger partial charge in [0.05, 0.1) is 19.3 Å². The van der Waals surface area contributed by atoms with Crippen molar-refractivity contribution in [3.63, 3.8) is 0 Å². The number of rotatable bonds is 17. The van der Waals surface area contributed by atoms with Crippen LogP contribution >= 0.6 is 19.6 Å². The topological polar surface area (TPSA) is 165 Å². The number of phosphoric ester groups is 1. The van der Waals surface area contributed by atoms with Crippen LogP contribution in [0.3, 0.4) is 0 Å². The predicted molar refractivity (Wildman–Crippen MR) is 229 cm³/mol. The average Bonchev–Trinajstić information content (AvgIpc) is 3.18. The number of esters is 2. The van der Waals surface area contributed by atoms with Crippen LogP contribution in [-0.4, -0.2) is 95.2 Å². The molecule has 1 aliphatic heterocycles. The molecule has 1 saturated heterocycles. The fourth-order valence-corrected chi connectivity index (χ4v) is 8.47. The zero-order valence-corrected chi connectivity index (χ0v) is 38.2. The Hall–Kier alpha value is -4.18. The number of alkyl carbamates (subject to hydrolysis) is 1. The number of hydrogen-bond acceptors (Lipinski definition) is 13. The van der Waals surface area contributed by atoms with Gasteiger partial charge in [0.25, 0.3) is 5.91 Å². The van der Waals surface area contributed by atoms with Crippen LogP contribution in [0.15, 0.2) is 72.8 Å². The first kappa shape index (κ1) is 47.5. The van der Waals surface area contributed by atoms with Crippen molar-refractivity contribution >= 4 is 51.8 Å². The van der Waals surface area contributed by atoms with Crippen LogP contribution in [0.5, 0.6) is 5.75 Å². The normalized spacial score (nSPS) is 17.6. The van der Waals surface area contributed by atoms with Crippen molar-refractivity contribution in [2.45, 2.75) is 83.5 Å². The number of nitrogens with one attached hydrogen (secondary N) is 1. The van der Waals surface area contributed by atoms with Gasteiger partial charge in [-0.2, -0.15) is 11.8 Å². The Morgan fingerprint density at radius 1 is 0.915 bits per heavy atom. The summed E-state index contributed by atoms with van der Waals surface area (Å²) in [6, 6.07) is 20.8. The van der Waals surface area contributed by atoms with E-state index < -0.39 is 64.4 Å². The summed E-state index contributed by atoms with van der Waals surface area (Å²) in [5.74, 6) is -1.73. The van der Waals surface area contributed by atoms with Gasteiger partial charge >= 0.3 is 25.9 Å². The van der Waals surface area contributed by atoms with E-state index >= 15 is 0 Å². The number of likely N-dealkylation sites (N-methyl/N-ethyl adjacent to an activating group) is 1. The van der Waals surface area contributed by atoms with Crippen LogP contribution < -0.4 is 9.84 Å². The van der Waals surface area contributed by atoms with Gasteiger partial charge in [-0.3, -0.25) is 13.8 Å². The summed E-state index contributed by atoms with van der Waals surface area (Å²) in [4.78, 5) is 53.4. The Labute approximate surface area is 352 Å². The maximum Gasteiger partial charge on any atom is 0.530 e. The van der Waals surface area contributed by atoms with Crippen molar-refractivity contribution < 1.29 is 56.0 Å². The molecule has 0 saturated carbocycles. The molecule has 59 heavy (non-hydrogen) atoms. The SMILES string of the molecule is CSCCC(NC(=O)OCc1ccc(OP2(=O)OCC(O[Si](C)(C)C(C)(C)C)CO2)c(C(=O)OCC(=O)N(C)C)c1)C(=O)OC(C)(C)c1ccc(-c2ccccc2)cc1. The number of phosphoric acid groups is 1. The van der Waals surface area contributed by atoms with Crippen molar-refractivity contribution in [1.29, 1.82) is 0 Å². The zero-order chi connectivity index (χ0) is 43.6. The van der Waals surface area contributed by atoms with E-state index in [-0.39, 0.29) is 42.6 Å². The number of nitrogens with zero attached hydrogens (tertiary/aromatic N) is 1. The van der Waals surface area contributed by atoms with Gasteiger partial charge in [-0.25, -0.2) is 18.9 Å². The molecule has 0 aromatic heterocycles. The minimum absolute atomic E-state index is 0.0627. The van der Waals surface area contributed by atoms with Gasteiger partial charge in [-0.1, -0.05) is 81.4 Å². The number of amides is 2. The lowest BCUT2D eigenvalue weighted by Gasteiger charge is -2.40. The molecule has 1 N–H and O–H groups in total. The van der Waals surface area contributed by atoms with E-state index in [1.807, 2.05) is 60.9 Å². The van der Waals surface area contributed by atoms with Crippen molar-refractivity contribution in [2.75, 3.05) is 45.9 Å². The fourth-order valence-electron chi connectivity index (χ4n) is 5.40. The summed E-state index contributed by atoms with van der Waals surface area (Å²) in [5, 5.41) is 2.54. The fraction of sp³-hybridized carbons (Fsp3) is 0.476. The molecule has 1 heterocycles. The highest BCUT2D eigenvalue weighted by Gasteiger charge is 2.43. The van der Waals surface area contributed by atoms with Crippen molar-refractivity contribution in [1.82, 2.24) is 10.2 Å². The third kappa shape index (κ3) is 13.7. The molecule has 2 amide bonds. The van der Waals surface area contributed by atoms with Crippen molar-refractivity contribution in [3.05, 3.63) is 89.5 Å². The van der Waals surface area contributed by atoms with E-state index in [0.717, 1.165) is 16.7 Å². The third-order valence-electron chi connectivity index (χ3n) is 10.0. The first-order chi connectivity index (χ1) is 27.6. The van der Waals surface area contributed by atoms with Gasteiger partial charge < -0.3 is 33.4 Å². The molecule has 17 heteroatoms. The van der Waals surface area contributed by atoms with E-state index in [1.165, 1.54) is 49.0 Å². The number of ether oxygens (including phenoxy) is 3. The summed E-state index contributed by atoms with van der Waals surface area (Å²) in [7, 11) is -3.39. The quantitative estimate of drug-likeness (QED) is 0.0596. The minimum atomic E-state index is -4.22. The molecule has 1 unspecified atom stereocenters. The first-order valence-corrected chi connectivity index (χ1v) is 25.0. The molecule has 14 nitrogen and oxygen atoms in total. The van der Waals surface area contributed by atoms with Crippen LogP contribution in [0, 0.1) is 0 Å². The van der Waals surface area contributed by atoms with Gasteiger partial charge in [-0.05, 0) is 84.8 Å². The van der Waals surface area contributed by atoms with E-state index in [2.05, 4.69) is 39.2 Å². The molecule has 0 spiro atoms. The Morgan fingerprint density at radius 2 is 1.54 bits per heavy atom. The second-order valence-corrected chi connectivity index (χ2v) is 23.6. The number of benzene rings is 3. The number of hydrogen-bond donors (Lipinski definition) is 1. The largest absolute Gasteiger partial charge is 0.530 e. The zero-order valence-electron chi connectivity index (χ0n) is 35.5. The monoisotopic (exact) mass is 872 g/mol. The molecule has 0 aliphatic carbocycles. The summed E-state index contributed by atoms with van der Waals surface area (Å²) < 4.78 is 53.4. The van der Waals surface area contributed by atoms with E-state index in [0.29, 0.717) is 11.3 Å². The van der Waals surface area contributed by atoms with Crippen molar-refractivity contribution in [3.8, 4) is 16.9 Å². The Balaban J connectivity index is 1.43. The Morgan fingerprint density at radius 3 is 2.14 bits per heavy atom. The Kier molecular flexibility index (Phi) is 16.4. The summed E-state index contributed by atoms with van der Waals surface area (Å²) >= 11 is 1.50. The van der Waals surface area contributed by atoms with Gasteiger partial charge in [0.1, 0.15) is 29.6 Å². The lowest BCUT2D eigenvalue weighted by molar-refractivity contribution is -0.160. The molecule has 4 rings (SSSR count). The molecule has 322 valence electrons. The maximum absolute atomic E-state index is 13.6. The van der Waals surface area contributed by atoms with Crippen molar-refractivity contribution in [2.24, 2.45) is 0 Å². The van der Waals surface area contributed by atoms with E-state index in [4.69, 9.17) is 32.2 Å². The molecule has 0 radical (unpaired) electrons. The molecule has 0 bridgehead atoms. The number of carbonyl (C=O) groups is 4. The lowest BCUT2D eigenvalue weighted by Crippen LogP contribution is -2.47. The predicted octanol–water partition coefficient (Wildman–Crippen LogP) is 8.35. The summed E-state index contributed by atoms with van der Waals surface area (Å²) in [6.07, 6.45) is 0.789. The van der Waals surface area contributed by atoms with E-state index in [9.17, 15) is 23.7 Å². The summed E-state index contributed by atoms with van der Waals surface area (Å²) in [6.45, 7) is 13.0. The molecular formula is C42H57N2O12PSSi. The highest BCUT2D eigenvalue weighted by Crippen LogP contribution is 2.53. The van der Waals surface area contributed by atoms with E-state index in [1.54, 1.807) is 13.8 Å². The second-order valence-electron chi connectivity index (χ2n) is 16.3. The smallest absolute Gasteiger partial charge is 0.453 e. The van der Waals surface area contributed by atoms with Gasteiger partial charge in [0.2, 0.25) is 0 Å². The van der Waals surface area contributed by atoms with Crippen LogP contribution in [0.4, 0.5) is 4.79 Å². The first-order valence-electron chi connectivity index (χ1n) is 19.2. The van der Waals surface area contributed by atoms with Gasteiger partial charge in [-0.15, -0.1) is 0 Å². The third-order valence-corrected chi connectivity index (χ3v) is 16.5. The Bertz CT molecular complexity index is 1960. The highest BCUT2D eigenvalue weighted by atomic mass is 32.2. The van der Waals surface area contributed by atoms with Crippen LogP contribution in [0.1, 0.15) is 62.5 Å². The minimum Gasteiger partial charge on any atom is -0.453 e. The molecule has 1 atom stereocenters. The molecule has 1 aliphatic rings. The second kappa shape index (κ2) is 20.4. The maximum atomic E-state index is 13.6. The van der Waals surface area contributed by atoms with Crippen LogP contribution in [0.25, 0.3) is 11.1 Å². The lowest BCUT2D eigenvalue weighted by atomic mass is 9.95. The molecule has 1 fully saturated rings. The van der Waals surface area contributed by atoms with Gasteiger partial charge in [0.15, 0.2) is 14.9 Å². The van der Waals surface area contributed by atoms with Crippen LogP contribution in [-0.2, 0) is 54.0 Å². The van der Waals surface area contributed by atoms with Crippen LogP contribution in [0.2, 0.25) is 18.1 Å². The number of carbonyl (C=O) groups excluding carboxylic acids is 4. The molecule has 3 aromatic rings. The molecule has 3 aromatic carbocycles. The summed E-state index contributed by atoms with van der Waals surface area (Å²) in [5.41, 5.74) is 1.94. The highest BCUT2D eigenvalue weighted by molar-refractivity contribution is 7.98. The standard InChI is InChI=1S/C42H57N2O12PSSi/c1-41(2,3)59(9,10)56-33-26-52-57(49,53-27-33)55-36-21-16-29(24-34(36)38(46)50-28-37(45)44(6)7)25-51-40(48)43-35(22-23-58-8)39(47)54-42(4,5)32-19-17-31(18-20-32)30-14-12-11-13-15-30/h11-21,24,33,35H,22-23,25-28H2,1-10H3,(H,43,48).